The predicted octanol–water partition coefficient (Wildman–Crippen LogP) is 1.85. The molecule has 0 saturated carbocycles. The highest BCUT2D eigenvalue weighted by Gasteiger charge is 2.44. The Labute approximate surface area is 118 Å². The predicted molar refractivity (Wildman–Crippen MR) is 66.8 cm³/mol. The zero-order valence-electron chi connectivity index (χ0n) is 11.1. The van der Waals surface area contributed by atoms with Gasteiger partial charge in [-0.1, -0.05) is 0 Å². The molecule has 1 amide bonds. The van der Waals surface area contributed by atoms with E-state index in [4.69, 9.17) is 0 Å². The maximum Gasteiger partial charge on any atom is 0.262 e. The summed E-state index contributed by atoms with van der Waals surface area (Å²) in [7, 11) is 0. The van der Waals surface area contributed by atoms with Crippen molar-refractivity contribution in [1.82, 2.24) is 10.2 Å². The average Bonchev–Trinajstić information content (AvgIpc) is 2.82. The van der Waals surface area contributed by atoms with Gasteiger partial charge in [0.15, 0.2) is 0 Å². The van der Waals surface area contributed by atoms with E-state index in [2.05, 4.69) is 5.32 Å². The van der Waals surface area contributed by atoms with Crippen LogP contribution in [0.2, 0.25) is 0 Å². The summed E-state index contributed by atoms with van der Waals surface area (Å²) < 4.78 is 53.6. The number of amides is 1. The van der Waals surface area contributed by atoms with Gasteiger partial charge in [-0.25, -0.2) is 17.6 Å². The average molecular weight is 302 g/mol. The van der Waals surface area contributed by atoms with Gasteiger partial charge in [0.25, 0.3) is 5.92 Å². The molecule has 2 heterocycles. The van der Waals surface area contributed by atoms with Crippen LogP contribution in [0.5, 0.6) is 0 Å². The van der Waals surface area contributed by atoms with Gasteiger partial charge in [0.2, 0.25) is 5.91 Å². The Bertz CT molecular complexity index is 591. The molecule has 3 rings (SSSR count). The topological polar surface area (TPSA) is 32.3 Å². The molecule has 0 aliphatic carbocycles. The van der Waals surface area contributed by atoms with Gasteiger partial charge in [-0.15, -0.1) is 0 Å². The Balaban J connectivity index is 1.77. The van der Waals surface area contributed by atoms with E-state index in [-0.39, 0.29) is 30.6 Å². The molecule has 0 aromatic heterocycles. The molecule has 3 nitrogen and oxygen atoms in total. The van der Waals surface area contributed by atoms with Gasteiger partial charge < -0.3 is 4.90 Å². The molecular weight excluding hydrogens is 288 g/mol. The second kappa shape index (κ2) is 4.98. The van der Waals surface area contributed by atoms with Gasteiger partial charge in [-0.3, -0.25) is 10.1 Å². The van der Waals surface area contributed by atoms with Crippen molar-refractivity contribution in [2.75, 3.05) is 13.1 Å². The first kappa shape index (κ1) is 14.3. The number of hydrogen-bond donors (Lipinski definition) is 1. The van der Waals surface area contributed by atoms with E-state index < -0.39 is 42.5 Å². The highest BCUT2D eigenvalue weighted by molar-refractivity contribution is 5.82. The zero-order valence-corrected chi connectivity index (χ0v) is 11.1. The zero-order chi connectivity index (χ0) is 15.2. The maximum atomic E-state index is 13.7. The monoisotopic (exact) mass is 302 g/mol. The minimum atomic E-state index is -2.90. The summed E-state index contributed by atoms with van der Waals surface area (Å²) in [5.41, 5.74) is 0.406. The van der Waals surface area contributed by atoms with E-state index in [0.717, 1.165) is 12.1 Å². The molecule has 1 atom stereocenters. The third kappa shape index (κ3) is 2.62. The highest BCUT2D eigenvalue weighted by atomic mass is 19.3. The standard InChI is InChI=1S/C14H14F4N2O/c15-10-1-2-11(16)9-6-20(4-3-8(9)10)13(21)12-5-14(17,18)7-19-12/h1-2,12,19H,3-7H2. The molecular formula is C14H14F4N2O. The molecule has 1 saturated heterocycles. The molecule has 0 bridgehead atoms. The Morgan fingerprint density at radius 1 is 1.24 bits per heavy atom. The lowest BCUT2D eigenvalue weighted by atomic mass is 9.98. The van der Waals surface area contributed by atoms with Crippen molar-refractivity contribution in [3.05, 3.63) is 34.9 Å². The Hall–Kier alpha value is -1.63. The van der Waals surface area contributed by atoms with Gasteiger partial charge in [0.05, 0.1) is 12.6 Å². The summed E-state index contributed by atoms with van der Waals surface area (Å²) in [6.45, 7) is -0.408. The molecule has 7 heteroatoms. The molecule has 2 aliphatic heterocycles. The smallest absolute Gasteiger partial charge is 0.262 e. The summed E-state index contributed by atoms with van der Waals surface area (Å²) in [5.74, 6) is -4.45. The summed E-state index contributed by atoms with van der Waals surface area (Å²) in [6, 6.07) is 1.12. The van der Waals surface area contributed by atoms with Crippen LogP contribution in [0.1, 0.15) is 17.5 Å². The SMILES string of the molecule is O=C(C1CC(F)(F)CN1)N1CCc2c(F)ccc(F)c2C1. The molecule has 0 spiro atoms. The number of nitrogens with zero attached hydrogens (tertiary/aromatic N) is 1. The van der Waals surface area contributed by atoms with Gasteiger partial charge in [0, 0.05) is 25.1 Å². The molecule has 1 aromatic carbocycles. The number of hydrogen-bond acceptors (Lipinski definition) is 2. The first-order valence-electron chi connectivity index (χ1n) is 6.73. The van der Waals surface area contributed by atoms with Crippen LogP contribution < -0.4 is 5.32 Å². The van der Waals surface area contributed by atoms with Gasteiger partial charge >= 0.3 is 0 Å². The van der Waals surface area contributed by atoms with Crippen molar-refractivity contribution >= 4 is 5.91 Å². The Morgan fingerprint density at radius 2 is 1.90 bits per heavy atom. The van der Waals surface area contributed by atoms with E-state index in [1.54, 1.807) is 0 Å². The fourth-order valence-corrected chi connectivity index (χ4v) is 2.89. The van der Waals surface area contributed by atoms with E-state index in [0.29, 0.717) is 0 Å². The lowest BCUT2D eigenvalue weighted by molar-refractivity contribution is -0.134. The van der Waals surface area contributed by atoms with E-state index in [1.165, 1.54) is 4.90 Å². The van der Waals surface area contributed by atoms with Crippen LogP contribution in [0.15, 0.2) is 12.1 Å². The van der Waals surface area contributed by atoms with Crippen molar-refractivity contribution in [2.24, 2.45) is 0 Å². The number of benzene rings is 1. The van der Waals surface area contributed by atoms with Gasteiger partial charge in [-0.2, -0.15) is 0 Å². The molecule has 114 valence electrons. The molecule has 0 radical (unpaired) electrons. The summed E-state index contributed by atoms with van der Waals surface area (Å²) in [5, 5.41) is 2.48. The van der Waals surface area contributed by atoms with Crippen LogP contribution in [-0.2, 0) is 17.8 Å². The fourth-order valence-electron chi connectivity index (χ4n) is 2.89. The number of carbonyl (C=O) groups excluding carboxylic acids is 1. The normalized spacial score (nSPS) is 24.0. The minimum Gasteiger partial charge on any atom is -0.337 e. The maximum absolute atomic E-state index is 13.7. The largest absolute Gasteiger partial charge is 0.337 e. The van der Waals surface area contributed by atoms with Crippen LogP contribution in [-0.4, -0.2) is 35.9 Å². The van der Waals surface area contributed by atoms with Crippen LogP contribution in [0.3, 0.4) is 0 Å². The summed E-state index contributed by atoms with van der Waals surface area (Å²) in [4.78, 5) is 13.5. The molecule has 1 N–H and O–H groups in total. The number of carbonyl (C=O) groups is 1. The van der Waals surface area contributed by atoms with Gasteiger partial charge in [-0.05, 0) is 24.1 Å². The molecule has 1 unspecified atom stereocenters. The minimum absolute atomic E-state index is 0.0818. The molecule has 1 aromatic rings. The van der Waals surface area contributed by atoms with Crippen molar-refractivity contribution in [3.8, 4) is 0 Å². The Kier molecular flexibility index (Phi) is 3.39. The Morgan fingerprint density at radius 3 is 2.52 bits per heavy atom. The molecule has 2 aliphatic rings. The molecule has 1 fully saturated rings. The van der Waals surface area contributed by atoms with E-state index >= 15 is 0 Å². The van der Waals surface area contributed by atoms with Crippen LogP contribution in [0, 0.1) is 11.6 Å². The number of rotatable bonds is 1. The van der Waals surface area contributed by atoms with Crippen molar-refractivity contribution < 1.29 is 22.4 Å². The first-order valence-corrected chi connectivity index (χ1v) is 6.73. The third-order valence-electron chi connectivity index (χ3n) is 4.02. The van der Waals surface area contributed by atoms with Crippen LogP contribution in [0.4, 0.5) is 17.6 Å². The fraction of sp³-hybridized carbons (Fsp3) is 0.500. The van der Waals surface area contributed by atoms with Crippen molar-refractivity contribution in [2.45, 2.75) is 31.4 Å². The van der Waals surface area contributed by atoms with Crippen molar-refractivity contribution in [3.63, 3.8) is 0 Å². The van der Waals surface area contributed by atoms with Crippen molar-refractivity contribution in [1.29, 1.82) is 0 Å². The third-order valence-corrected chi connectivity index (χ3v) is 4.02. The first-order chi connectivity index (χ1) is 9.87. The second-order valence-corrected chi connectivity index (χ2v) is 5.49. The van der Waals surface area contributed by atoms with E-state index in [1.807, 2.05) is 0 Å². The molecule has 21 heavy (non-hydrogen) atoms. The quantitative estimate of drug-likeness (QED) is 0.803. The number of fused-ring (bicyclic) bond motifs is 1. The lowest BCUT2D eigenvalue weighted by Gasteiger charge is -2.31. The number of alkyl halides is 2. The summed E-state index contributed by atoms with van der Waals surface area (Å²) in [6.07, 6.45) is -0.366. The van der Waals surface area contributed by atoms with Crippen LogP contribution in [0.25, 0.3) is 0 Å². The van der Waals surface area contributed by atoms with Gasteiger partial charge in [0.1, 0.15) is 11.6 Å². The number of nitrogens with one attached hydrogen (secondary N) is 1. The second-order valence-electron chi connectivity index (χ2n) is 5.49. The number of halogens is 4. The highest BCUT2D eigenvalue weighted by Crippen LogP contribution is 2.29. The lowest BCUT2D eigenvalue weighted by Crippen LogP contribution is -2.46. The van der Waals surface area contributed by atoms with E-state index in [9.17, 15) is 22.4 Å². The summed E-state index contributed by atoms with van der Waals surface area (Å²) >= 11 is 0. The van der Waals surface area contributed by atoms with Crippen LogP contribution >= 0.6 is 0 Å².